The molecule has 0 aliphatic heterocycles. The topological polar surface area (TPSA) is 55.1 Å². The Labute approximate surface area is 102 Å². The Morgan fingerprint density at radius 1 is 1.59 bits per heavy atom. The lowest BCUT2D eigenvalue weighted by molar-refractivity contribution is -0.111. The van der Waals surface area contributed by atoms with Gasteiger partial charge >= 0.3 is 0 Å². The van der Waals surface area contributed by atoms with Crippen LogP contribution in [-0.2, 0) is 11.2 Å². The lowest BCUT2D eigenvalue weighted by Crippen LogP contribution is -2.27. The smallest absolute Gasteiger partial charge is 0.122 e. The molecular weight excluding hydrogens is 216 g/mol. The minimum absolute atomic E-state index is 0.156. The van der Waals surface area contributed by atoms with Gasteiger partial charge in [-0.05, 0) is 25.8 Å². The fourth-order valence-corrected chi connectivity index (χ4v) is 2.49. The molecule has 0 aromatic carbocycles. The van der Waals surface area contributed by atoms with Crippen molar-refractivity contribution in [2.45, 2.75) is 57.1 Å². The first-order valence-electron chi connectivity index (χ1n) is 6.31. The van der Waals surface area contributed by atoms with E-state index in [0.717, 1.165) is 12.0 Å². The maximum Gasteiger partial charge on any atom is 0.122 e. The molecule has 1 heterocycles. The zero-order valence-corrected chi connectivity index (χ0v) is 10.3. The van der Waals surface area contributed by atoms with Gasteiger partial charge in [0.1, 0.15) is 6.29 Å². The molecule has 17 heavy (non-hydrogen) atoms. The quantitative estimate of drug-likeness (QED) is 0.794. The number of aromatic nitrogens is 2. The second kappa shape index (κ2) is 5.00. The number of carbonyl (C=O) groups excluding carboxylic acids is 1. The van der Waals surface area contributed by atoms with E-state index in [2.05, 4.69) is 5.10 Å². The maximum atomic E-state index is 10.4. The van der Waals surface area contributed by atoms with Gasteiger partial charge in [0.2, 0.25) is 0 Å². The summed E-state index contributed by atoms with van der Waals surface area (Å²) in [5, 5.41) is 14.5. The summed E-state index contributed by atoms with van der Waals surface area (Å²) in [6.07, 6.45) is 8.30. The number of hydrogen-bond acceptors (Lipinski definition) is 3. The predicted molar refractivity (Wildman–Crippen MR) is 64.7 cm³/mol. The zero-order chi connectivity index (χ0) is 12.3. The van der Waals surface area contributed by atoms with E-state index in [9.17, 15) is 9.90 Å². The maximum absolute atomic E-state index is 10.4. The number of nitrogens with zero attached hydrogens (tertiary/aromatic N) is 2. The first kappa shape index (κ1) is 12.3. The van der Waals surface area contributed by atoms with E-state index in [1.54, 1.807) is 6.92 Å². The van der Waals surface area contributed by atoms with E-state index in [-0.39, 0.29) is 6.42 Å². The molecule has 1 saturated carbocycles. The van der Waals surface area contributed by atoms with Crippen molar-refractivity contribution in [3.8, 4) is 0 Å². The standard InChI is InChI=1S/C13H20N2O2/c1-13(17,7-9-16)10-11-6-8-15(14-11)12-4-2-3-5-12/h6,8-9,12,17H,2-5,7,10H2,1H3. The molecular formula is C13H20N2O2. The largest absolute Gasteiger partial charge is 0.389 e. The van der Waals surface area contributed by atoms with E-state index in [1.165, 1.54) is 25.7 Å². The van der Waals surface area contributed by atoms with Crippen LogP contribution in [0.2, 0.25) is 0 Å². The summed E-state index contributed by atoms with van der Waals surface area (Å²) in [4.78, 5) is 10.4. The molecule has 1 aromatic heterocycles. The molecule has 0 spiro atoms. The highest BCUT2D eigenvalue weighted by Crippen LogP contribution is 2.29. The van der Waals surface area contributed by atoms with Gasteiger partial charge < -0.3 is 9.90 Å². The summed E-state index contributed by atoms with van der Waals surface area (Å²) in [7, 11) is 0. The Hall–Kier alpha value is -1.16. The van der Waals surface area contributed by atoms with Crippen molar-refractivity contribution >= 4 is 6.29 Å². The van der Waals surface area contributed by atoms with E-state index < -0.39 is 5.60 Å². The third-order valence-corrected chi connectivity index (χ3v) is 3.45. The summed E-state index contributed by atoms with van der Waals surface area (Å²) in [6, 6.07) is 2.47. The molecule has 94 valence electrons. The Morgan fingerprint density at radius 2 is 2.29 bits per heavy atom. The minimum atomic E-state index is -0.976. The van der Waals surface area contributed by atoms with Gasteiger partial charge in [-0.15, -0.1) is 0 Å². The molecule has 1 fully saturated rings. The van der Waals surface area contributed by atoms with Crippen LogP contribution in [0.4, 0.5) is 0 Å². The normalized spacial score (nSPS) is 20.4. The predicted octanol–water partition coefficient (Wildman–Crippen LogP) is 1.88. The molecule has 4 heteroatoms. The van der Waals surface area contributed by atoms with E-state index in [0.29, 0.717) is 12.5 Å². The number of rotatable bonds is 5. The number of hydrogen-bond donors (Lipinski definition) is 1. The van der Waals surface area contributed by atoms with Crippen LogP contribution in [0.3, 0.4) is 0 Å². The van der Waals surface area contributed by atoms with Gasteiger partial charge in [-0.25, -0.2) is 0 Å². The van der Waals surface area contributed by atoms with E-state index >= 15 is 0 Å². The number of aldehydes is 1. The molecule has 1 aromatic rings. The summed E-state index contributed by atoms with van der Waals surface area (Å²) in [5.41, 5.74) is -0.111. The van der Waals surface area contributed by atoms with Gasteiger partial charge in [0, 0.05) is 19.0 Å². The number of carbonyl (C=O) groups is 1. The van der Waals surface area contributed by atoms with Crippen LogP contribution in [0, 0.1) is 0 Å². The van der Waals surface area contributed by atoms with Gasteiger partial charge in [-0.1, -0.05) is 12.8 Å². The lowest BCUT2D eigenvalue weighted by atomic mass is 9.97. The van der Waals surface area contributed by atoms with Crippen molar-refractivity contribution < 1.29 is 9.90 Å². The first-order valence-corrected chi connectivity index (χ1v) is 6.31. The average Bonchev–Trinajstić information content (AvgIpc) is 2.85. The SMILES string of the molecule is CC(O)(CC=O)Cc1ccn(C2CCCC2)n1. The molecule has 1 N–H and O–H groups in total. The Bertz CT molecular complexity index is 379. The Kier molecular flexibility index (Phi) is 3.62. The first-order chi connectivity index (χ1) is 8.11. The third-order valence-electron chi connectivity index (χ3n) is 3.45. The molecule has 2 rings (SSSR count). The van der Waals surface area contributed by atoms with Gasteiger partial charge in [0.15, 0.2) is 0 Å². The number of aliphatic hydroxyl groups is 1. The molecule has 0 saturated heterocycles. The van der Waals surface area contributed by atoms with Crippen molar-refractivity contribution in [3.63, 3.8) is 0 Å². The summed E-state index contributed by atoms with van der Waals surface area (Å²) in [5.74, 6) is 0. The van der Waals surface area contributed by atoms with Crippen LogP contribution in [0.1, 0.15) is 50.8 Å². The molecule has 1 unspecified atom stereocenters. The molecule has 1 aliphatic rings. The highest BCUT2D eigenvalue weighted by Gasteiger charge is 2.23. The van der Waals surface area contributed by atoms with Crippen molar-refractivity contribution in [3.05, 3.63) is 18.0 Å². The van der Waals surface area contributed by atoms with Crippen LogP contribution in [0.25, 0.3) is 0 Å². The van der Waals surface area contributed by atoms with Gasteiger partial charge in [-0.3, -0.25) is 4.68 Å². The molecule has 1 atom stereocenters. The molecule has 0 radical (unpaired) electrons. The summed E-state index contributed by atoms with van der Waals surface area (Å²) in [6.45, 7) is 1.68. The second-order valence-electron chi connectivity index (χ2n) is 5.27. The summed E-state index contributed by atoms with van der Waals surface area (Å²) < 4.78 is 2.01. The van der Waals surface area contributed by atoms with Crippen LogP contribution in [-0.4, -0.2) is 26.8 Å². The van der Waals surface area contributed by atoms with Crippen LogP contribution in [0.15, 0.2) is 12.3 Å². The molecule has 0 bridgehead atoms. The lowest BCUT2D eigenvalue weighted by Gasteiger charge is -2.18. The van der Waals surface area contributed by atoms with Crippen molar-refractivity contribution in [1.82, 2.24) is 9.78 Å². The van der Waals surface area contributed by atoms with E-state index in [4.69, 9.17) is 0 Å². The molecule has 4 nitrogen and oxygen atoms in total. The van der Waals surface area contributed by atoms with Gasteiger partial charge in [0.05, 0.1) is 17.3 Å². The highest BCUT2D eigenvalue weighted by atomic mass is 16.3. The van der Waals surface area contributed by atoms with Crippen LogP contribution >= 0.6 is 0 Å². The summed E-state index contributed by atoms with van der Waals surface area (Å²) >= 11 is 0. The van der Waals surface area contributed by atoms with Crippen LogP contribution < -0.4 is 0 Å². The molecule has 1 aliphatic carbocycles. The van der Waals surface area contributed by atoms with Gasteiger partial charge in [0.25, 0.3) is 0 Å². The second-order valence-corrected chi connectivity index (χ2v) is 5.27. The Morgan fingerprint density at radius 3 is 2.94 bits per heavy atom. The monoisotopic (exact) mass is 236 g/mol. The van der Waals surface area contributed by atoms with Crippen LogP contribution in [0.5, 0.6) is 0 Å². The highest BCUT2D eigenvalue weighted by molar-refractivity contribution is 5.51. The van der Waals surface area contributed by atoms with Crippen molar-refractivity contribution in [1.29, 1.82) is 0 Å². The minimum Gasteiger partial charge on any atom is -0.389 e. The third kappa shape index (κ3) is 3.16. The van der Waals surface area contributed by atoms with Gasteiger partial charge in [-0.2, -0.15) is 5.10 Å². The fourth-order valence-electron chi connectivity index (χ4n) is 2.49. The molecule has 0 amide bonds. The van der Waals surface area contributed by atoms with Crippen molar-refractivity contribution in [2.75, 3.05) is 0 Å². The Balaban J connectivity index is 2.00. The van der Waals surface area contributed by atoms with E-state index in [1.807, 2.05) is 16.9 Å². The van der Waals surface area contributed by atoms with Crippen molar-refractivity contribution in [2.24, 2.45) is 0 Å². The zero-order valence-electron chi connectivity index (χ0n) is 10.3. The fraction of sp³-hybridized carbons (Fsp3) is 0.692. The average molecular weight is 236 g/mol.